The van der Waals surface area contributed by atoms with Crippen molar-refractivity contribution in [2.45, 2.75) is 70.1 Å². The molecule has 1 spiro atoms. The molecule has 8 heteroatoms. The van der Waals surface area contributed by atoms with Crippen LogP contribution in [0.3, 0.4) is 0 Å². The highest BCUT2D eigenvalue weighted by molar-refractivity contribution is 5.98. The second-order valence-corrected chi connectivity index (χ2v) is 8.70. The van der Waals surface area contributed by atoms with Crippen LogP contribution in [0.1, 0.15) is 52.4 Å². The van der Waals surface area contributed by atoms with Crippen molar-refractivity contribution < 1.29 is 29.0 Å². The number of ether oxygens (including phenoxy) is 2. The number of amides is 2. The van der Waals surface area contributed by atoms with Gasteiger partial charge in [-0.05, 0) is 39.0 Å². The van der Waals surface area contributed by atoms with Gasteiger partial charge in [-0.2, -0.15) is 0 Å². The van der Waals surface area contributed by atoms with Crippen LogP contribution in [0.5, 0.6) is 0 Å². The number of hydrogen-bond acceptors (Lipinski definition) is 6. The first-order valence-corrected chi connectivity index (χ1v) is 11.6. The summed E-state index contributed by atoms with van der Waals surface area (Å²) in [6, 6.07) is -0.759. The SMILES string of the molecule is C=CCN(CCCC)C(=O)C1N(CCCCO)C(=O)[C@@H]2[C@@H](C(=O)OCC)[C@H]3CCC12O3. The molecule has 3 aliphatic rings. The third kappa shape index (κ3) is 4.12. The molecule has 0 aromatic rings. The number of likely N-dealkylation sites (tertiary alicyclic amines) is 1. The highest BCUT2D eigenvalue weighted by Crippen LogP contribution is 2.58. The molecule has 3 fully saturated rings. The zero-order valence-corrected chi connectivity index (χ0v) is 18.8. The molecule has 0 saturated carbocycles. The Labute approximate surface area is 184 Å². The highest BCUT2D eigenvalue weighted by atomic mass is 16.6. The number of carbonyl (C=O) groups is 3. The van der Waals surface area contributed by atoms with Crippen LogP contribution in [-0.4, -0.2) is 83.3 Å². The molecule has 174 valence electrons. The number of aliphatic hydroxyl groups excluding tert-OH is 1. The summed E-state index contributed by atoms with van der Waals surface area (Å²) in [5.41, 5.74) is -0.985. The molecule has 3 aliphatic heterocycles. The lowest BCUT2D eigenvalue weighted by molar-refractivity contribution is -0.155. The van der Waals surface area contributed by atoms with Gasteiger partial charge in [0, 0.05) is 26.2 Å². The summed E-state index contributed by atoms with van der Waals surface area (Å²) in [5.74, 6) is -2.11. The molecular weight excluding hydrogens is 400 g/mol. The van der Waals surface area contributed by atoms with Gasteiger partial charge in [-0.25, -0.2) is 0 Å². The smallest absolute Gasteiger partial charge is 0.312 e. The van der Waals surface area contributed by atoms with E-state index >= 15 is 0 Å². The van der Waals surface area contributed by atoms with Crippen molar-refractivity contribution in [3.05, 3.63) is 12.7 Å². The van der Waals surface area contributed by atoms with E-state index in [9.17, 15) is 19.5 Å². The maximum atomic E-state index is 13.8. The van der Waals surface area contributed by atoms with Crippen LogP contribution >= 0.6 is 0 Å². The van der Waals surface area contributed by atoms with Crippen LogP contribution in [0.25, 0.3) is 0 Å². The minimum Gasteiger partial charge on any atom is -0.466 e. The van der Waals surface area contributed by atoms with E-state index in [2.05, 4.69) is 13.5 Å². The molecule has 0 aromatic heterocycles. The van der Waals surface area contributed by atoms with Crippen LogP contribution in [-0.2, 0) is 23.9 Å². The maximum absolute atomic E-state index is 13.8. The fraction of sp³-hybridized carbons (Fsp3) is 0.783. The van der Waals surface area contributed by atoms with Gasteiger partial charge in [0.2, 0.25) is 11.8 Å². The van der Waals surface area contributed by atoms with Crippen molar-refractivity contribution >= 4 is 17.8 Å². The summed E-state index contributed by atoms with van der Waals surface area (Å²) in [6.45, 7) is 9.20. The third-order valence-electron chi connectivity index (χ3n) is 6.84. The molecule has 3 saturated heterocycles. The maximum Gasteiger partial charge on any atom is 0.312 e. The fourth-order valence-electron chi connectivity index (χ4n) is 5.54. The second-order valence-electron chi connectivity index (χ2n) is 8.70. The normalized spacial score (nSPS) is 31.1. The number of fused-ring (bicyclic) bond motifs is 1. The molecular formula is C23H36N2O6. The predicted molar refractivity (Wildman–Crippen MR) is 114 cm³/mol. The molecule has 0 radical (unpaired) electrons. The Morgan fingerprint density at radius 3 is 2.77 bits per heavy atom. The number of carbonyl (C=O) groups excluding carboxylic acids is 3. The van der Waals surface area contributed by atoms with E-state index in [-0.39, 0.29) is 31.1 Å². The Morgan fingerprint density at radius 2 is 2.13 bits per heavy atom. The molecule has 1 N–H and O–H groups in total. The van der Waals surface area contributed by atoms with Crippen molar-refractivity contribution in [1.82, 2.24) is 9.80 Å². The Hall–Kier alpha value is -1.93. The molecule has 2 bridgehead atoms. The van der Waals surface area contributed by atoms with Gasteiger partial charge in [0.1, 0.15) is 11.6 Å². The zero-order chi connectivity index (χ0) is 22.6. The average molecular weight is 437 g/mol. The molecule has 0 aromatic carbocycles. The number of nitrogens with zero attached hydrogens (tertiary/aromatic N) is 2. The summed E-state index contributed by atoms with van der Waals surface area (Å²) < 4.78 is 11.6. The highest BCUT2D eigenvalue weighted by Gasteiger charge is 2.74. The minimum absolute atomic E-state index is 0.0261. The van der Waals surface area contributed by atoms with E-state index in [1.165, 1.54) is 0 Å². The van der Waals surface area contributed by atoms with Gasteiger partial charge in [-0.1, -0.05) is 19.4 Å². The van der Waals surface area contributed by atoms with Gasteiger partial charge in [-0.3, -0.25) is 14.4 Å². The lowest BCUT2D eigenvalue weighted by Crippen LogP contribution is -2.56. The van der Waals surface area contributed by atoms with Gasteiger partial charge in [-0.15, -0.1) is 6.58 Å². The summed E-state index contributed by atoms with van der Waals surface area (Å²) >= 11 is 0. The lowest BCUT2D eigenvalue weighted by atomic mass is 9.70. The molecule has 3 heterocycles. The Bertz CT molecular complexity index is 698. The average Bonchev–Trinajstić information content (AvgIpc) is 3.39. The molecule has 8 nitrogen and oxygen atoms in total. The minimum atomic E-state index is -0.985. The standard InChI is InChI=1S/C23H36N2O6/c1-4-7-13-24(12-5-2)21(28)19-23-11-10-16(31-23)17(22(29)30-6-3)18(23)20(27)25(19)14-8-9-15-26/h5,16-19,26H,2,4,6-15H2,1,3H3/t16-,17+,18+,19?,23?/m1/s1. The predicted octanol–water partition coefficient (Wildman–Crippen LogP) is 1.51. The topological polar surface area (TPSA) is 96.4 Å². The summed E-state index contributed by atoms with van der Waals surface area (Å²) in [6.07, 6.45) is 5.46. The zero-order valence-electron chi connectivity index (χ0n) is 18.8. The first kappa shape index (κ1) is 23.7. The second kappa shape index (κ2) is 10.1. The van der Waals surface area contributed by atoms with Crippen molar-refractivity contribution in [3.8, 4) is 0 Å². The lowest BCUT2D eigenvalue weighted by Gasteiger charge is -2.36. The van der Waals surface area contributed by atoms with Crippen LogP contribution in [0.4, 0.5) is 0 Å². The van der Waals surface area contributed by atoms with Crippen LogP contribution in [0.2, 0.25) is 0 Å². The van der Waals surface area contributed by atoms with E-state index in [0.717, 1.165) is 12.8 Å². The van der Waals surface area contributed by atoms with Crippen LogP contribution < -0.4 is 0 Å². The fourth-order valence-corrected chi connectivity index (χ4v) is 5.54. The van der Waals surface area contributed by atoms with Crippen molar-refractivity contribution in [2.75, 3.05) is 32.8 Å². The third-order valence-corrected chi connectivity index (χ3v) is 6.84. The summed E-state index contributed by atoms with van der Waals surface area (Å²) in [7, 11) is 0. The number of esters is 1. The molecule has 0 aliphatic carbocycles. The number of unbranched alkanes of at least 4 members (excludes halogenated alkanes) is 2. The van der Waals surface area contributed by atoms with Crippen LogP contribution in [0.15, 0.2) is 12.7 Å². The first-order chi connectivity index (χ1) is 15.0. The van der Waals surface area contributed by atoms with E-state index in [1.807, 2.05) is 0 Å². The molecule has 2 amide bonds. The van der Waals surface area contributed by atoms with Crippen molar-refractivity contribution in [2.24, 2.45) is 11.8 Å². The van der Waals surface area contributed by atoms with E-state index < -0.39 is 29.4 Å². The molecule has 31 heavy (non-hydrogen) atoms. The van der Waals surface area contributed by atoms with Gasteiger partial charge >= 0.3 is 5.97 Å². The van der Waals surface area contributed by atoms with E-state index in [1.54, 1.807) is 22.8 Å². The molecule has 3 rings (SSSR count). The Balaban J connectivity index is 1.96. The molecule has 2 unspecified atom stereocenters. The van der Waals surface area contributed by atoms with Gasteiger partial charge in [0.25, 0.3) is 0 Å². The van der Waals surface area contributed by atoms with E-state index in [0.29, 0.717) is 45.3 Å². The number of hydrogen-bond donors (Lipinski definition) is 1. The Morgan fingerprint density at radius 1 is 1.35 bits per heavy atom. The van der Waals surface area contributed by atoms with Crippen molar-refractivity contribution in [3.63, 3.8) is 0 Å². The van der Waals surface area contributed by atoms with Gasteiger partial charge in [0.05, 0.1) is 24.5 Å². The van der Waals surface area contributed by atoms with E-state index in [4.69, 9.17) is 9.47 Å². The number of rotatable bonds is 12. The van der Waals surface area contributed by atoms with Gasteiger partial charge < -0.3 is 24.4 Å². The van der Waals surface area contributed by atoms with Crippen LogP contribution in [0, 0.1) is 11.8 Å². The summed E-state index contributed by atoms with van der Waals surface area (Å²) in [5, 5.41) is 9.20. The van der Waals surface area contributed by atoms with Crippen molar-refractivity contribution in [1.29, 1.82) is 0 Å². The van der Waals surface area contributed by atoms with Gasteiger partial charge in [0.15, 0.2) is 0 Å². The largest absolute Gasteiger partial charge is 0.466 e. The molecule has 5 atom stereocenters. The first-order valence-electron chi connectivity index (χ1n) is 11.6. The summed E-state index contributed by atoms with van der Waals surface area (Å²) in [4.78, 5) is 43.5. The monoisotopic (exact) mass is 436 g/mol. The number of aliphatic hydroxyl groups is 1. The quantitative estimate of drug-likeness (QED) is 0.283. The Kier molecular flexibility index (Phi) is 7.75.